The minimum Gasteiger partial charge on any atom is -0.372 e. The molecule has 0 N–H and O–H groups in total. The van der Waals surface area contributed by atoms with Crippen LogP contribution in [0.3, 0.4) is 0 Å². The molecule has 28 heavy (non-hydrogen) atoms. The average Bonchev–Trinajstić information content (AvgIpc) is 3.08. The standard InChI is InChI=1S/C21H24N2O4S/c1-15-7-8-16-5-3-4-6-19(16)23(15)28(25,26)18-11-9-17(10-12-18)22-14-13-20(27-2)21(22)24/h3-6,9-12,15,20H,7-8,13-14H2,1-2H3. The molecule has 2 aromatic carbocycles. The van der Waals surface area contributed by atoms with Gasteiger partial charge in [-0.3, -0.25) is 9.10 Å². The third kappa shape index (κ3) is 3.08. The van der Waals surface area contributed by atoms with Gasteiger partial charge in [-0.05, 0) is 55.7 Å². The lowest BCUT2D eigenvalue weighted by Gasteiger charge is -2.36. The normalized spacial score (nSPS) is 22.4. The summed E-state index contributed by atoms with van der Waals surface area (Å²) in [4.78, 5) is 14.2. The summed E-state index contributed by atoms with van der Waals surface area (Å²) in [6.45, 7) is 2.51. The first-order valence-electron chi connectivity index (χ1n) is 9.50. The van der Waals surface area contributed by atoms with E-state index in [2.05, 4.69) is 0 Å². The van der Waals surface area contributed by atoms with Gasteiger partial charge in [0.05, 0.1) is 10.6 Å². The van der Waals surface area contributed by atoms with Gasteiger partial charge in [-0.25, -0.2) is 8.42 Å². The highest BCUT2D eigenvalue weighted by Crippen LogP contribution is 2.35. The maximum absolute atomic E-state index is 13.4. The fourth-order valence-corrected chi connectivity index (χ4v) is 5.79. The van der Waals surface area contributed by atoms with Crippen LogP contribution in [0.1, 0.15) is 25.3 Å². The van der Waals surface area contributed by atoms with Crippen molar-refractivity contribution >= 4 is 27.3 Å². The molecule has 2 aromatic rings. The predicted molar refractivity (Wildman–Crippen MR) is 108 cm³/mol. The molecule has 4 rings (SSSR count). The summed E-state index contributed by atoms with van der Waals surface area (Å²) in [7, 11) is -2.16. The molecular formula is C21H24N2O4S. The van der Waals surface area contributed by atoms with Crippen LogP contribution < -0.4 is 9.21 Å². The van der Waals surface area contributed by atoms with Crippen molar-refractivity contribution in [2.24, 2.45) is 0 Å². The molecule has 0 saturated carbocycles. The lowest BCUT2D eigenvalue weighted by atomic mass is 9.99. The van der Waals surface area contributed by atoms with E-state index in [1.807, 2.05) is 31.2 Å². The number of rotatable bonds is 4. The molecular weight excluding hydrogens is 376 g/mol. The molecule has 7 heteroatoms. The zero-order valence-corrected chi connectivity index (χ0v) is 16.9. The first-order chi connectivity index (χ1) is 13.4. The van der Waals surface area contributed by atoms with Gasteiger partial charge >= 0.3 is 0 Å². The van der Waals surface area contributed by atoms with Gasteiger partial charge in [0.2, 0.25) is 0 Å². The average molecular weight is 401 g/mol. The Bertz CT molecular complexity index is 988. The van der Waals surface area contributed by atoms with Crippen LogP contribution in [0.5, 0.6) is 0 Å². The Balaban J connectivity index is 1.65. The number of hydrogen-bond donors (Lipinski definition) is 0. The van der Waals surface area contributed by atoms with Crippen molar-refractivity contribution in [3.63, 3.8) is 0 Å². The molecule has 1 amide bonds. The number of nitrogens with zero attached hydrogens (tertiary/aromatic N) is 2. The molecule has 1 fully saturated rings. The van der Waals surface area contributed by atoms with Crippen molar-refractivity contribution in [3.05, 3.63) is 54.1 Å². The minimum atomic E-state index is -3.69. The van der Waals surface area contributed by atoms with E-state index in [1.54, 1.807) is 29.2 Å². The third-order valence-corrected chi connectivity index (χ3v) is 7.55. The molecule has 2 atom stereocenters. The summed E-state index contributed by atoms with van der Waals surface area (Å²) in [5, 5.41) is 0. The van der Waals surface area contributed by atoms with Gasteiger partial charge in [0.15, 0.2) is 0 Å². The van der Waals surface area contributed by atoms with Crippen LogP contribution in [0.2, 0.25) is 0 Å². The molecule has 148 valence electrons. The van der Waals surface area contributed by atoms with E-state index in [0.29, 0.717) is 18.7 Å². The molecule has 2 aliphatic rings. The summed E-state index contributed by atoms with van der Waals surface area (Å²) in [5.74, 6) is -0.0864. The summed E-state index contributed by atoms with van der Waals surface area (Å²) in [6, 6.07) is 14.1. The fourth-order valence-electron chi connectivity index (χ4n) is 4.06. The van der Waals surface area contributed by atoms with Crippen molar-refractivity contribution in [3.8, 4) is 0 Å². The maximum atomic E-state index is 13.4. The monoisotopic (exact) mass is 400 g/mol. The number of aryl methyl sites for hydroxylation is 1. The number of benzene rings is 2. The number of ether oxygens (including phenoxy) is 1. The zero-order valence-electron chi connectivity index (χ0n) is 16.0. The molecule has 0 radical (unpaired) electrons. The Morgan fingerprint density at radius 1 is 1.04 bits per heavy atom. The number of para-hydroxylation sites is 1. The molecule has 2 unspecified atom stereocenters. The molecule has 2 aliphatic heterocycles. The highest BCUT2D eigenvalue weighted by molar-refractivity contribution is 7.92. The van der Waals surface area contributed by atoms with Crippen LogP contribution in [-0.4, -0.2) is 40.1 Å². The summed E-state index contributed by atoms with van der Waals surface area (Å²) in [6.07, 6.45) is 1.88. The van der Waals surface area contributed by atoms with Crippen molar-refractivity contribution in [2.75, 3.05) is 22.9 Å². The van der Waals surface area contributed by atoms with E-state index in [1.165, 1.54) is 11.4 Å². The summed E-state index contributed by atoms with van der Waals surface area (Å²) < 4.78 is 33.5. The van der Waals surface area contributed by atoms with Crippen molar-refractivity contribution in [1.29, 1.82) is 0 Å². The molecule has 2 heterocycles. The number of methoxy groups -OCH3 is 1. The van der Waals surface area contributed by atoms with Crippen molar-refractivity contribution in [2.45, 2.75) is 43.2 Å². The van der Waals surface area contributed by atoms with Gasteiger partial charge in [0, 0.05) is 31.8 Å². The number of carbonyl (C=O) groups excluding carboxylic acids is 1. The van der Waals surface area contributed by atoms with Crippen LogP contribution in [0.25, 0.3) is 0 Å². The molecule has 1 saturated heterocycles. The predicted octanol–water partition coefficient (Wildman–Crippen LogP) is 2.97. The van der Waals surface area contributed by atoms with Crippen LogP contribution >= 0.6 is 0 Å². The maximum Gasteiger partial charge on any atom is 0.264 e. The number of anilines is 2. The third-order valence-electron chi connectivity index (χ3n) is 5.61. The molecule has 0 bridgehead atoms. The van der Waals surface area contributed by atoms with Crippen LogP contribution in [0.4, 0.5) is 11.4 Å². The number of fused-ring (bicyclic) bond motifs is 1. The minimum absolute atomic E-state index is 0.0864. The van der Waals surface area contributed by atoms with Crippen molar-refractivity contribution < 1.29 is 17.9 Å². The Kier molecular flexibility index (Phi) is 4.89. The van der Waals surface area contributed by atoms with Crippen LogP contribution in [0, 0.1) is 0 Å². The van der Waals surface area contributed by atoms with Crippen LogP contribution in [-0.2, 0) is 26.0 Å². The number of sulfonamides is 1. The van der Waals surface area contributed by atoms with Gasteiger partial charge in [0.1, 0.15) is 6.10 Å². The summed E-state index contributed by atoms with van der Waals surface area (Å²) >= 11 is 0. The smallest absolute Gasteiger partial charge is 0.264 e. The van der Waals surface area contributed by atoms with E-state index in [-0.39, 0.29) is 16.8 Å². The first-order valence-corrected chi connectivity index (χ1v) is 10.9. The molecule has 0 aliphatic carbocycles. The second-order valence-electron chi connectivity index (χ2n) is 7.31. The van der Waals surface area contributed by atoms with Crippen molar-refractivity contribution in [1.82, 2.24) is 0 Å². The van der Waals surface area contributed by atoms with Gasteiger partial charge in [-0.2, -0.15) is 0 Å². The van der Waals surface area contributed by atoms with E-state index in [4.69, 9.17) is 4.74 Å². The van der Waals surface area contributed by atoms with E-state index < -0.39 is 16.1 Å². The van der Waals surface area contributed by atoms with Gasteiger partial charge in [-0.15, -0.1) is 0 Å². The highest BCUT2D eigenvalue weighted by atomic mass is 32.2. The molecule has 6 nitrogen and oxygen atoms in total. The largest absolute Gasteiger partial charge is 0.372 e. The Morgan fingerprint density at radius 2 is 1.75 bits per heavy atom. The number of carbonyl (C=O) groups is 1. The Hall–Kier alpha value is -2.38. The van der Waals surface area contributed by atoms with Gasteiger partial charge in [-0.1, -0.05) is 18.2 Å². The Morgan fingerprint density at radius 3 is 2.43 bits per heavy atom. The lowest BCUT2D eigenvalue weighted by Crippen LogP contribution is -2.42. The molecule has 0 aromatic heterocycles. The zero-order chi connectivity index (χ0) is 19.9. The summed E-state index contributed by atoms with van der Waals surface area (Å²) in [5.41, 5.74) is 2.49. The molecule has 0 spiro atoms. The quantitative estimate of drug-likeness (QED) is 0.791. The first kappa shape index (κ1) is 19.0. The lowest BCUT2D eigenvalue weighted by molar-refractivity contribution is -0.125. The SMILES string of the molecule is COC1CCN(c2ccc(S(=O)(=O)N3c4ccccc4CCC3C)cc2)C1=O. The van der Waals surface area contributed by atoms with Crippen LogP contribution in [0.15, 0.2) is 53.4 Å². The van der Waals surface area contributed by atoms with E-state index in [0.717, 1.165) is 24.1 Å². The topological polar surface area (TPSA) is 66.9 Å². The van der Waals surface area contributed by atoms with Gasteiger partial charge in [0.25, 0.3) is 15.9 Å². The number of hydrogen-bond acceptors (Lipinski definition) is 4. The van der Waals surface area contributed by atoms with E-state index in [9.17, 15) is 13.2 Å². The van der Waals surface area contributed by atoms with Gasteiger partial charge < -0.3 is 9.64 Å². The second kappa shape index (κ2) is 7.22. The fraction of sp³-hybridized carbons (Fsp3) is 0.381. The number of amides is 1. The highest BCUT2D eigenvalue weighted by Gasteiger charge is 2.35. The Labute approximate surface area is 165 Å². The second-order valence-corrected chi connectivity index (χ2v) is 9.13. The van der Waals surface area contributed by atoms with E-state index >= 15 is 0 Å².